The van der Waals surface area contributed by atoms with E-state index < -0.39 is 41.0 Å². The zero-order valence-electron chi connectivity index (χ0n) is 44.3. The average molecular weight is 1340 g/mol. The van der Waals surface area contributed by atoms with Crippen LogP contribution in [0, 0.1) is 54.8 Å². The molecule has 32 heteroatoms. The van der Waals surface area contributed by atoms with Crippen LogP contribution in [0.4, 0.5) is 0 Å². The van der Waals surface area contributed by atoms with Crippen molar-refractivity contribution in [2.24, 2.45) is 0 Å². The number of halogens is 4. The Bertz CT molecular complexity index is 3190. The van der Waals surface area contributed by atoms with E-state index in [2.05, 4.69) is 115 Å². The van der Waals surface area contributed by atoms with E-state index in [0.717, 1.165) is 115 Å². The van der Waals surface area contributed by atoms with Crippen LogP contribution in [0.5, 0.6) is 0 Å². The summed E-state index contributed by atoms with van der Waals surface area (Å²) in [7, 11) is -19.8. The average Bonchev–Trinajstić information content (AvgIpc) is 3.57. The Morgan fingerprint density at radius 2 is 0.476 bits per heavy atom. The SMILES string of the molecule is Cc1ccc2ccc3ccc(CN(Cc4ccccn4)Cc4ccccn4)nc3c2n1.Cc1ccc2ccc3ccc(CN(Cc4ccccn4)Cc4ccccn4)nc3c2n1.[O-][Cl+3]([O-])([O-])[O-].[O-][Cl+3]([O-])([O-])[O-].[O-][Cl+3]([O-])([O-])[O-].[O-][Cl+3]([O-])([O-])[O-].[Zn+2].[Zn+2]. The number of nitrogens with zero attached hydrogens (tertiary/aromatic N) is 10. The van der Waals surface area contributed by atoms with Gasteiger partial charge in [-0.3, -0.25) is 39.7 Å². The zero-order valence-corrected chi connectivity index (χ0v) is 53.3. The molecular weight excluding hydrogens is 1290 g/mol. The molecule has 0 saturated heterocycles. The van der Waals surface area contributed by atoms with Gasteiger partial charge in [0.2, 0.25) is 0 Å². The van der Waals surface area contributed by atoms with Gasteiger partial charge in [-0.25, -0.2) is 84.5 Å². The van der Waals surface area contributed by atoms with Crippen molar-refractivity contribution in [2.75, 3.05) is 0 Å². The topological polar surface area (TPSA) is 479 Å². The molecule has 0 aliphatic carbocycles. The molecule has 10 aromatic rings. The number of fused-ring (bicyclic) bond motifs is 6. The third kappa shape index (κ3) is 29.9. The van der Waals surface area contributed by atoms with Crippen molar-refractivity contribution in [1.29, 1.82) is 0 Å². The predicted octanol–water partition coefficient (Wildman–Crippen LogP) is -8.86. The molecule has 8 heterocycles. The van der Waals surface area contributed by atoms with Crippen molar-refractivity contribution >= 4 is 43.6 Å². The monoisotopic (exact) mass is 1330 g/mol. The van der Waals surface area contributed by atoms with Crippen molar-refractivity contribution in [1.82, 2.24) is 49.7 Å². The Morgan fingerprint density at radius 3 is 0.702 bits per heavy atom. The van der Waals surface area contributed by atoms with Crippen LogP contribution in [0.25, 0.3) is 43.6 Å². The molecule has 8 aromatic heterocycles. The first-order valence-corrected chi connectivity index (χ1v) is 28.3. The summed E-state index contributed by atoms with van der Waals surface area (Å²) >= 11 is 0. The molecule has 0 N–H and O–H groups in total. The third-order valence-electron chi connectivity index (χ3n) is 10.7. The van der Waals surface area contributed by atoms with Crippen LogP contribution in [-0.4, -0.2) is 49.7 Å². The van der Waals surface area contributed by atoms with Crippen molar-refractivity contribution < 1.29 is 154 Å². The molecule has 26 nitrogen and oxygen atoms in total. The van der Waals surface area contributed by atoms with Gasteiger partial charge in [0.05, 0.1) is 56.2 Å². The van der Waals surface area contributed by atoms with E-state index in [1.807, 2.05) is 99.3 Å². The fraction of sp³-hybridized carbons (Fsp3) is 0.154. The summed E-state index contributed by atoms with van der Waals surface area (Å²) in [5.41, 5.74) is 12.0. The first-order valence-electron chi connectivity index (χ1n) is 23.3. The standard InChI is InChI=1S/2C26H23N5.4ClHO4.2Zn/c2*1-19-8-9-20-10-11-21-12-13-24(30-26(21)25(20)29-19)18-31(16-22-6-2-4-14-27-22)17-23-7-3-5-15-28-23;4*2-1(3,4)5;;/h2*2-15H,16-18H2,1H3;4*(H,2,3,4,5);;/q;;;;;;2*+2/p-4. The summed E-state index contributed by atoms with van der Waals surface area (Å²) in [6, 6.07) is 49.3. The zero-order chi connectivity index (χ0) is 60.1. The van der Waals surface area contributed by atoms with Gasteiger partial charge in [0.25, 0.3) is 0 Å². The summed E-state index contributed by atoms with van der Waals surface area (Å²) < 4.78 is 136. The Hall–Kier alpha value is -5.63. The quantitative estimate of drug-likeness (QED) is 0.0809. The fourth-order valence-electron chi connectivity index (χ4n) is 7.66. The van der Waals surface area contributed by atoms with E-state index in [-0.39, 0.29) is 39.0 Å². The summed E-state index contributed by atoms with van der Waals surface area (Å²) in [5, 5.41) is 4.44. The first kappa shape index (κ1) is 72.6. The van der Waals surface area contributed by atoms with Gasteiger partial charge in [-0.05, 0) is 86.6 Å². The summed E-state index contributed by atoms with van der Waals surface area (Å²) in [5.74, 6) is 0. The number of aryl methyl sites for hydroxylation is 2. The smallest absolute Gasteiger partial charge is 0.286 e. The maximum absolute atomic E-state index is 8.49. The Morgan fingerprint density at radius 1 is 0.274 bits per heavy atom. The van der Waals surface area contributed by atoms with E-state index in [9.17, 15) is 0 Å². The molecule has 0 fully saturated rings. The normalized spacial score (nSPS) is 11.3. The van der Waals surface area contributed by atoms with E-state index >= 15 is 0 Å². The van der Waals surface area contributed by atoms with Crippen molar-refractivity contribution in [3.05, 3.63) is 216 Å². The number of hydrogen-bond acceptors (Lipinski definition) is 26. The molecule has 432 valence electrons. The molecule has 0 spiro atoms. The molecule has 0 atom stereocenters. The number of aromatic nitrogens is 8. The number of benzene rings is 2. The number of rotatable bonds is 12. The van der Waals surface area contributed by atoms with E-state index in [1.54, 1.807) is 0 Å². The molecular formula is C52H46Cl4N10O16Zn2. The van der Waals surface area contributed by atoms with E-state index in [4.69, 9.17) is 94.5 Å². The Labute approximate surface area is 513 Å². The minimum Gasteiger partial charge on any atom is -0.286 e. The first-order chi connectivity index (χ1) is 38.5. The van der Waals surface area contributed by atoms with E-state index in [0.29, 0.717) is 13.1 Å². The molecule has 0 amide bonds. The van der Waals surface area contributed by atoms with Gasteiger partial charge in [-0.2, -0.15) is 0 Å². The number of pyridine rings is 8. The van der Waals surface area contributed by atoms with Crippen LogP contribution in [0.3, 0.4) is 0 Å². The van der Waals surface area contributed by atoms with Crippen molar-refractivity contribution in [3.8, 4) is 0 Å². The maximum atomic E-state index is 8.49. The van der Waals surface area contributed by atoms with Gasteiger partial charge < -0.3 is 0 Å². The van der Waals surface area contributed by atoms with Gasteiger partial charge in [-0.1, -0.05) is 72.8 Å². The van der Waals surface area contributed by atoms with E-state index in [1.165, 1.54) is 0 Å². The Balaban J connectivity index is 0.000000328. The molecule has 0 bridgehead atoms. The second-order valence-corrected chi connectivity index (χ2v) is 20.0. The minimum atomic E-state index is -4.94. The van der Waals surface area contributed by atoms with Crippen LogP contribution in [0.1, 0.15) is 45.6 Å². The Kier molecular flexibility index (Phi) is 29.8. The predicted molar refractivity (Wildman–Crippen MR) is 246 cm³/mol. The van der Waals surface area contributed by atoms with Crippen molar-refractivity contribution in [3.63, 3.8) is 0 Å². The summed E-state index contributed by atoms with van der Waals surface area (Å²) in [6.45, 7) is 8.34. The molecule has 0 saturated carbocycles. The van der Waals surface area contributed by atoms with Gasteiger partial charge in [0, 0.05) is 97.0 Å². The van der Waals surface area contributed by atoms with Gasteiger partial charge in [0.15, 0.2) is 0 Å². The molecule has 10 rings (SSSR count). The van der Waals surface area contributed by atoms with Gasteiger partial charge in [0.1, 0.15) is 0 Å². The molecule has 0 radical (unpaired) electrons. The second kappa shape index (κ2) is 34.5. The fourth-order valence-corrected chi connectivity index (χ4v) is 7.66. The van der Waals surface area contributed by atoms with Crippen LogP contribution >= 0.6 is 0 Å². The molecule has 2 aromatic carbocycles. The van der Waals surface area contributed by atoms with Crippen LogP contribution < -0.4 is 74.5 Å². The molecule has 84 heavy (non-hydrogen) atoms. The maximum Gasteiger partial charge on any atom is 2.00 e. The van der Waals surface area contributed by atoms with Gasteiger partial charge >= 0.3 is 39.0 Å². The van der Waals surface area contributed by atoms with Crippen LogP contribution in [0.2, 0.25) is 0 Å². The summed E-state index contributed by atoms with van der Waals surface area (Å²) in [6.07, 6.45) is 7.34. The van der Waals surface area contributed by atoms with Crippen LogP contribution in [0.15, 0.2) is 170 Å². The molecule has 0 aliphatic heterocycles. The molecule has 0 unspecified atom stereocenters. The van der Waals surface area contributed by atoms with Gasteiger partial charge in [-0.15, -0.1) is 41.0 Å². The minimum absolute atomic E-state index is 0. The molecule has 0 aliphatic rings. The largest absolute Gasteiger partial charge is 2.00 e. The number of hydrogen-bond donors (Lipinski definition) is 0. The summed E-state index contributed by atoms with van der Waals surface area (Å²) in [4.78, 5) is 42.3. The van der Waals surface area contributed by atoms with Crippen molar-refractivity contribution in [2.45, 2.75) is 53.1 Å². The van der Waals surface area contributed by atoms with Crippen LogP contribution in [-0.2, 0) is 78.2 Å². The third-order valence-corrected chi connectivity index (χ3v) is 10.7. The second-order valence-electron chi connectivity index (χ2n) is 17.0.